The zero-order valence-electron chi connectivity index (χ0n) is 15.4. The van der Waals surface area contributed by atoms with Gasteiger partial charge in [-0.15, -0.1) is 0 Å². The van der Waals surface area contributed by atoms with Crippen LogP contribution in [0.4, 0.5) is 0 Å². The number of esters is 1. The average Bonchev–Trinajstić information content (AvgIpc) is 2.92. The van der Waals surface area contributed by atoms with Crippen LogP contribution < -0.4 is 5.32 Å². The number of nitrogens with one attached hydrogen (secondary N) is 2. The summed E-state index contributed by atoms with van der Waals surface area (Å²) in [5, 5.41) is 2.90. The monoisotopic (exact) mass is 349 g/mol. The van der Waals surface area contributed by atoms with Gasteiger partial charge in [-0.05, 0) is 38.7 Å². The molecule has 0 aliphatic carbocycles. The van der Waals surface area contributed by atoms with Gasteiger partial charge in [-0.2, -0.15) is 0 Å². The molecule has 1 aromatic heterocycles. The van der Waals surface area contributed by atoms with Crippen LogP contribution in [0.15, 0.2) is 0 Å². The van der Waals surface area contributed by atoms with Crippen molar-refractivity contribution in [3.05, 3.63) is 22.5 Å². The summed E-state index contributed by atoms with van der Waals surface area (Å²) in [6.45, 7) is 7.15. The minimum Gasteiger partial charge on any atom is -0.465 e. The number of carbonyl (C=O) groups excluding carboxylic acids is 3. The van der Waals surface area contributed by atoms with Gasteiger partial charge in [-0.3, -0.25) is 9.59 Å². The SMILES string of the molecule is CCCNC(=O)[C@@H]1CCCN(C(=O)c2[nH]c(C)c(C(=O)OC)c2C)C1. The lowest BCUT2D eigenvalue weighted by Crippen LogP contribution is -2.45. The molecule has 1 aliphatic rings. The normalized spacial score (nSPS) is 17.3. The number of aryl methyl sites for hydroxylation is 1. The van der Waals surface area contributed by atoms with E-state index in [1.54, 1.807) is 18.7 Å². The Labute approximate surface area is 148 Å². The van der Waals surface area contributed by atoms with Crippen LogP contribution in [-0.4, -0.2) is 54.4 Å². The second-order valence-electron chi connectivity index (χ2n) is 6.50. The Bertz CT molecular complexity index is 666. The van der Waals surface area contributed by atoms with Gasteiger partial charge in [0.05, 0.1) is 18.6 Å². The smallest absolute Gasteiger partial charge is 0.339 e. The summed E-state index contributed by atoms with van der Waals surface area (Å²) in [7, 11) is 1.32. The number of aromatic amines is 1. The van der Waals surface area contributed by atoms with Crippen LogP contribution in [0.5, 0.6) is 0 Å². The highest BCUT2D eigenvalue weighted by Crippen LogP contribution is 2.23. The highest BCUT2D eigenvalue weighted by Gasteiger charge is 2.31. The molecule has 1 atom stereocenters. The standard InChI is InChI=1S/C18H27N3O4/c1-5-8-19-16(22)13-7-6-9-21(10-13)17(23)15-11(2)14(12(3)20-15)18(24)25-4/h13,20H,5-10H2,1-4H3,(H,19,22)/t13-/m1/s1. The van der Waals surface area contributed by atoms with Gasteiger partial charge in [0.15, 0.2) is 0 Å². The number of likely N-dealkylation sites (tertiary alicyclic amines) is 1. The second kappa shape index (κ2) is 8.18. The molecular formula is C18H27N3O4. The summed E-state index contributed by atoms with van der Waals surface area (Å²) in [5.41, 5.74) is 2.00. The first-order valence-corrected chi connectivity index (χ1v) is 8.75. The molecule has 0 spiro atoms. The quantitative estimate of drug-likeness (QED) is 0.793. The maximum absolute atomic E-state index is 12.9. The Balaban J connectivity index is 2.15. The fourth-order valence-corrected chi connectivity index (χ4v) is 3.30. The van der Waals surface area contributed by atoms with E-state index in [0.29, 0.717) is 42.1 Å². The van der Waals surface area contributed by atoms with Gasteiger partial charge in [0, 0.05) is 25.3 Å². The van der Waals surface area contributed by atoms with E-state index >= 15 is 0 Å². The fourth-order valence-electron chi connectivity index (χ4n) is 3.30. The van der Waals surface area contributed by atoms with Crippen molar-refractivity contribution >= 4 is 17.8 Å². The minimum absolute atomic E-state index is 0.00832. The maximum Gasteiger partial charge on any atom is 0.339 e. The number of piperidine rings is 1. The van der Waals surface area contributed by atoms with Crippen molar-refractivity contribution in [1.82, 2.24) is 15.2 Å². The number of methoxy groups -OCH3 is 1. The van der Waals surface area contributed by atoms with Crippen LogP contribution in [-0.2, 0) is 9.53 Å². The van der Waals surface area contributed by atoms with Crippen molar-refractivity contribution in [3.63, 3.8) is 0 Å². The predicted octanol–water partition coefficient (Wildman–Crippen LogP) is 1.80. The zero-order chi connectivity index (χ0) is 18.6. The average molecular weight is 349 g/mol. The lowest BCUT2D eigenvalue weighted by molar-refractivity contribution is -0.126. The van der Waals surface area contributed by atoms with Crippen molar-refractivity contribution in [2.24, 2.45) is 5.92 Å². The molecule has 1 aliphatic heterocycles. The molecule has 1 saturated heterocycles. The zero-order valence-corrected chi connectivity index (χ0v) is 15.4. The number of amides is 2. The van der Waals surface area contributed by atoms with E-state index < -0.39 is 5.97 Å². The molecule has 25 heavy (non-hydrogen) atoms. The number of ether oxygens (including phenoxy) is 1. The largest absolute Gasteiger partial charge is 0.465 e. The fraction of sp³-hybridized carbons (Fsp3) is 0.611. The Hall–Kier alpha value is -2.31. The van der Waals surface area contributed by atoms with Crippen molar-refractivity contribution in [2.75, 3.05) is 26.7 Å². The number of carbonyl (C=O) groups is 3. The van der Waals surface area contributed by atoms with Gasteiger partial charge in [0.25, 0.3) is 5.91 Å². The summed E-state index contributed by atoms with van der Waals surface area (Å²) in [4.78, 5) is 41.7. The molecule has 138 valence electrons. The van der Waals surface area contributed by atoms with E-state index in [0.717, 1.165) is 19.3 Å². The number of rotatable bonds is 5. The minimum atomic E-state index is -0.458. The van der Waals surface area contributed by atoms with E-state index in [1.165, 1.54) is 7.11 Å². The molecule has 0 saturated carbocycles. The van der Waals surface area contributed by atoms with Gasteiger partial charge < -0.3 is 19.9 Å². The van der Waals surface area contributed by atoms with Crippen molar-refractivity contribution < 1.29 is 19.1 Å². The molecular weight excluding hydrogens is 322 g/mol. The number of aromatic nitrogens is 1. The lowest BCUT2D eigenvalue weighted by Gasteiger charge is -2.32. The third-order valence-corrected chi connectivity index (χ3v) is 4.67. The molecule has 2 rings (SSSR count). The third kappa shape index (κ3) is 4.03. The van der Waals surface area contributed by atoms with E-state index in [-0.39, 0.29) is 17.7 Å². The maximum atomic E-state index is 12.9. The van der Waals surface area contributed by atoms with E-state index in [9.17, 15) is 14.4 Å². The van der Waals surface area contributed by atoms with Crippen molar-refractivity contribution in [2.45, 2.75) is 40.0 Å². The number of hydrogen-bond donors (Lipinski definition) is 2. The number of H-pyrrole nitrogens is 1. The lowest BCUT2D eigenvalue weighted by atomic mass is 9.96. The Morgan fingerprint density at radius 3 is 2.68 bits per heavy atom. The van der Waals surface area contributed by atoms with Gasteiger partial charge in [-0.25, -0.2) is 4.79 Å². The van der Waals surface area contributed by atoms with Gasteiger partial charge in [0.2, 0.25) is 5.91 Å². The predicted molar refractivity (Wildman–Crippen MR) is 93.5 cm³/mol. The molecule has 7 nitrogen and oxygen atoms in total. The van der Waals surface area contributed by atoms with E-state index in [1.807, 2.05) is 6.92 Å². The van der Waals surface area contributed by atoms with Crippen LogP contribution in [0.2, 0.25) is 0 Å². The third-order valence-electron chi connectivity index (χ3n) is 4.67. The second-order valence-corrected chi connectivity index (χ2v) is 6.50. The molecule has 1 aromatic rings. The number of hydrogen-bond acceptors (Lipinski definition) is 4. The summed E-state index contributed by atoms with van der Waals surface area (Å²) in [6.07, 6.45) is 2.46. The Kier molecular flexibility index (Phi) is 6.22. The molecule has 2 heterocycles. The van der Waals surface area contributed by atoms with Gasteiger partial charge in [0.1, 0.15) is 5.69 Å². The first-order valence-electron chi connectivity index (χ1n) is 8.75. The molecule has 7 heteroatoms. The topological polar surface area (TPSA) is 91.5 Å². The van der Waals surface area contributed by atoms with Crippen LogP contribution in [0.3, 0.4) is 0 Å². The Morgan fingerprint density at radius 1 is 1.32 bits per heavy atom. The summed E-state index contributed by atoms with van der Waals surface area (Å²) in [5.74, 6) is -0.806. The van der Waals surface area contributed by atoms with Crippen LogP contribution in [0.1, 0.15) is 58.3 Å². The summed E-state index contributed by atoms with van der Waals surface area (Å²) in [6, 6.07) is 0. The Morgan fingerprint density at radius 2 is 2.04 bits per heavy atom. The van der Waals surface area contributed by atoms with Crippen molar-refractivity contribution in [3.8, 4) is 0 Å². The van der Waals surface area contributed by atoms with Crippen molar-refractivity contribution in [1.29, 1.82) is 0 Å². The summed E-state index contributed by atoms with van der Waals surface area (Å²) < 4.78 is 4.79. The molecule has 0 unspecified atom stereocenters. The molecule has 2 N–H and O–H groups in total. The first kappa shape index (κ1) is 19.0. The number of nitrogens with zero attached hydrogens (tertiary/aromatic N) is 1. The van der Waals surface area contributed by atoms with Gasteiger partial charge in [-0.1, -0.05) is 6.92 Å². The van der Waals surface area contributed by atoms with Crippen LogP contribution in [0.25, 0.3) is 0 Å². The van der Waals surface area contributed by atoms with E-state index in [4.69, 9.17) is 4.74 Å². The molecule has 1 fully saturated rings. The molecule has 0 aromatic carbocycles. The first-order chi connectivity index (χ1) is 11.9. The highest BCUT2D eigenvalue weighted by molar-refractivity contribution is 6.00. The van der Waals surface area contributed by atoms with Crippen LogP contribution in [0, 0.1) is 19.8 Å². The van der Waals surface area contributed by atoms with E-state index in [2.05, 4.69) is 10.3 Å². The molecule has 0 radical (unpaired) electrons. The van der Waals surface area contributed by atoms with Crippen LogP contribution >= 0.6 is 0 Å². The molecule has 0 bridgehead atoms. The summed E-state index contributed by atoms with van der Waals surface area (Å²) >= 11 is 0. The molecule has 2 amide bonds. The highest BCUT2D eigenvalue weighted by atomic mass is 16.5. The van der Waals surface area contributed by atoms with Gasteiger partial charge >= 0.3 is 5.97 Å².